The van der Waals surface area contributed by atoms with Gasteiger partial charge in [-0.2, -0.15) is 5.10 Å². The number of para-hydroxylation sites is 1. The van der Waals surface area contributed by atoms with Gasteiger partial charge in [0.25, 0.3) is 5.91 Å². The first-order valence-corrected chi connectivity index (χ1v) is 7.77. The Balaban J connectivity index is 1.92. The number of halogens is 1. The van der Waals surface area contributed by atoms with Crippen LogP contribution in [-0.2, 0) is 4.79 Å². The molecule has 23 heavy (non-hydrogen) atoms. The van der Waals surface area contributed by atoms with Gasteiger partial charge >= 0.3 is 0 Å². The van der Waals surface area contributed by atoms with E-state index in [0.717, 1.165) is 10.0 Å². The number of phenolic OH excluding ortho intramolecular Hbond substituents is 1. The molecule has 5 nitrogen and oxygen atoms in total. The molecule has 2 N–H and O–H groups in total. The Hall–Kier alpha value is -2.34. The molecule has 2 aromatic carbocycles. The minimum atomic E-state index is -0.373. The van der Waals surface area contributed by atoms with Crippen molar-refractivity contribution >= 4 is 27.5 Å². The highest BCUT2D eigenvalue weighted by Crippen LogP contribution is 2.22. The highest BCUT2D eigenvalue weighted by atomic mass is 79.9. The van der Waals surface area contributed by atoms with Crippen LogP contribution in [0.5, 0.6) is 11.5 Å². The summed E-state index contributed by atoms with van der Waals surface area (Å²) in [5.41, 5.74) is 4.42. The van der Waals surface area contributed by atoms with Gasteiger partial charge in [0.05, 0.1) is 5.71 Å². The molecule has 0 spiro atoms. The molecule has 0 saturated heterocycles. The van der Waals surface area contributed by atoms with E-state index >= 15 is 0 Å². The highest BCUT2D eigenvalue weighted by molar-refractivity contribution is 9.10. The normalized spacial score (nSPS) is 11.2. The van der Waals surface area contributed by atoms with Crippen LogP contribution in [0.4, 0.5) is 0 Å². The van der Waals surface area contributed by atoms with Gasteiger partial charge in [-0.3, -0.25) is 4.79 Å². The molecule has 1 amide bonds. The summed E-state index contributed by atoms with van der Waals surface area (Å²) in [6.07, 6.45) is 0. The average Bonchev–Trinajstić information content (AvgIpc) is 2.52. The van der Waals surface area contributed by atoms with Gasteiger partial charge in [0, 0.05) is 10.0 Å². The molecule has 0 unspecified atom stereocenters. The van der Waals surface area contributed by atoms with Gasteiger partial charge in [0.2, 0.25) is 0 Å². The molecular formula is C17H17BrN2O3. The van der Waals surface area contributed by atoms with E-state index in [2.05, 4.69) is 26.5 Å². The summed E-state index contributed by atoms with van der Waals surface area (Å²) in [5.74, 6) is 0.386. The van der Waals surface area contributed by atoms with Gasteiger partial charge < -0.3 is 9.84 Å². The number of nitrogens with zero attached hydrogens (tertiary/aromatic N) is 1. The van der Waals surface area contributed by atoms with Crippen LogP contribution in [0.3, 0.4) is 0 Å². The number of hydrogen-bond donors (Lipinski definition) is 2. The third kappa shape index (κ3) is 4.82. The van der Waals surface area contributed by atoms with Gasteiger partial charge in [0.1, 0.15) is 11.5 Å². The highest BCUT2D eigenvalue weighted by Gasteiger charge is 2.07. The Bertz CT molecular complexity index is 744. The number of hydrazone groups is 1. The van der Waals surface area contributed by atoms with Crippen molar-refractivity contribution in [2.45, 2.75) is 13.8 Å². The SMILES string of the molecule is CC(=NNC(=O)COc1ccc(Br)cc1C)c1ccccc1O. The molecule has 6 heteroatoms. The summed E-state index contributed by atoms with van der Waals surface area (Å²) < 4.78 is 6.42. The fourth-order valence-corrected chi connectivity index (χ4v) is 2.41. The second kappa shape index (κ2) is 7.78. The van der Waals surface area contributed by atoms with Crippen molar-refractivity contribution in [3.63, 3.8) is 0 Å². The van der Waals surface area contributed by atoms with E-state index in [1.165, 1.54) is 0 Å². The number of hydrogen-bond acceptors (Lipinski definition) is 4. The van der Waals surface area contributed by atoms with E-state index in [1.54, 1.807) is 37.3 Å². The van der Waals surface area contributed by atoms with Crippen LogP contribution in [-0.4, -0.2) is 23.3 Å². The maximum absolute atomic E-state index is 11.8. The maximum atomic E-state index is 11.8. The number of amides is 1. The number of benzene rings is 2. The number of phenols is 1. The van der Waals surface area contributed by atoms with E-state index in [4.69, 9.17) is 4.74 Å². The Morgan fingerprint density at radius 3 is 2.74 bits per heavy atom. The average molecular weight is 377 g/mol. The second-order valence-electron chi connectivity index (χ2n) is 4.95. The summed E-state index contributed by atoms with van der Waals surface area (Å²) in [6, 6.07) is 12.4. The first-order valence-electron chi connectivity index (χ1n) is 6.98. The number of aryl methyl sites for hydroxylation is 1. The molecule has 0 fully saturated rings. The van der Waals surface area contributed by atoms with E-state index in [9.17, 15) is 9.90 Å². The van der Waals surface area contributed by atoms with Crippen molar-refractivity contribution in [1.82, 2.24) is 5.43 Å². The number of carbonyl (C=O) groups is 1. The maximum Gasteiger partial charge on any atom is 0.277 e. The molecule has 2 rings (SSSR count). The van der Waals surface area contributed by atoms with Crippen molar-refractivity contribution < 1.29 is 14.6 Å². The molecule has 0 aliphatic heterocycles. The predicted octanol–water partition coefficient (Wildman–Crippen LogP) is 3.38. The minimum Gasteiger partial charge on any atom is -0.507 e. The lowest BCUT2D eigenvalue weighted by Crippen LogP contribution is -2.25. The van der Waals surface area contributed by atoms with Crippen molar-refractivity contribution in [2.24, 2.45) is 5.10 Å². The zero-order valence-corrected chi connectivity index (χ0v) is 14.4. The zero-order valence-electron chi connectivity index (χ0n) is 12.8. The predicted molar refractivity (Wildman–Crippen MR) is 92.8 cm³/mol. The summed E-state index contributed by atoms with van der Waals surface area (Å²) in [6.45, 7) is 3.47. The third-order valence-corrected chi connectivity index (χ3v) is 3.63. The van der Waals surface area contributed by atoms with Crippen molar-refractivity contribution in [3.05, 3.63) is 58.1 Å². The van der Waals surface area contributed by atoms with Crippen molar-refractivity contribution in [1.29, 1.82) is 0 Å². The molecule has 2 aromatic rings. The molecule has 0 heterocycles. The van der Waals surface area contributed by atoms with Crippen molar-refractivity contribution in [3.8, 4) is 11.5 Å². The number of nitrogens with one attached hydrogen (secondary N) is 1. The number of rotatable bonds is 5. The van der Waals surface area contributed by atoms with Crippen LogP contribution < -0.4 is 10.2 Å². The van der Waals surface area contributed by atoms with E-state index in [1.807, 2.05) is 19.1 Å². The lowest BCUT2D eigenvalue weighted by molar-refractivity contribution is -0.123. The van der Waals surface area contributed by atoms with Crippen LogP contribution in [0.25, 0.3) is 0 Å². The van der Waals surface area contributed by atoms with Crippen LogP contribution in [0, 0.1) is 6.92 Å². The number of ether oxygens (including phenoxy) is 1. The molecule has 0 atom stereocenters. The van der Waals surface area contributed by atoms with E-state index in [0.29, 0.717) is 17.0 Å². The largest absolute Gasteiger partial charge is 0.507 e. The lowest BCUT2D eigenvalue weighted by Gasteiger charge is -2.09. The Labute approximate surface area is 143 Å². The molecule has 0 aromatic heterocycles. The summed E-state index contributed by atoms with van der Waals surface area (Å²) in [4.78, 5) is 11.8. The van der Waals surface area contributed by atoms with E-state index in [-0.39, 0.29) is 18.3 Å². The Kier molecular flexibility index (Phi) is 5.76. The monoisotopic (exact) mass is 376 g/mol. The topological polar surface area (TPSA) is 70.9 Å². The zero-order chi connectivity index (χ0) is 16.8. The Morgan fingerprint density at radius 1 is 1.30 bits per heavy atom. The number of aromatic hydroxyl groups is 1. The molecule has 0 aliphatic rings. The van der Waals surface area contributed by atoms with Gasteiger partial charge in [-0.05, 0) is 49.7 Å². The fourth-order valence-electron chi connectivity index (χ4n) is 1.94. The summed E-state index contributed by atoms with van der Waals surface area (Å²) >= 11 is 3.37. The van der Waals surface area contributed by atoms with Crippen LogP contribution in [0.15, 0.2) is 52.0 Å². The van der Waals surface area contributed by atoms with Gasteiger partial charge in [-0.1, -0.05) is 28.1 Å². The first kappa shape index (κ1) is 17.0. The molecule has 0 saturated carbocycles. The summed E-state index contributed by atoms with van der Waals surface area (Å²) in [7, 11) is 0. The first-order chi connectivity index (χ1) is 11.0. The van der Waals surface area contributed by atoms with Crippen molar-refractivity contribution in [2.75, 3.05) is 6.61 Å². The molecule has 120 valence electrons. The van der Waals surface area contributed by atoms with Gasteiger partial charge in [-0.15, -0.1) is 0 Å². The minimum absolute atomic E-state index is 0.115. The number of carbonyl (C=O) groups excluding carboxylic acids is 1. The lowest BCUT2D eigenvalue weighted by atomic mass is 10.1. The fraction of sp³-hybridized carbons (Fsp3) is 0.176. The smallest absolute Gasteiger partial charge is 0.277 e. The third-order valence-electron chi connectivity index (χ3n) is 3.14. The van der Waals surface area contributed by atoms with Gasteiger partial charge in [0.15, 0.2) is 6.61 Å². The quantitative estimate of drug-likeness (QED) is 0.620. The second-order valence-corrected chi connectivity index (χ2v) is 5.86. The van der Waals surface area contributed by atoms with E-state index < -0.39 is 0 Å². The standard InChI is InChI=1S/C17H17BrN2O3/c1-11-9-13(18)7-8-16(11)23-10-17(22)20-19-12(2)14-5-3-4-6-15(14)21/h3-9,21H,10H2,1-2H3,(H,20,22). The molecule has 0 aliphatic carbocycles. The molecule has 0 bridgehead atoms. The molecule has 0 radical (unpaired) electrons. The summed E-state index contributed by atoms with van der Waals surface area (Å²) in [5, 5.41) is 13.7. The Morgan fingerprint density at radius 2 is 2.04 bits per heavy atom. The molecular weight excluding hydrogens is 360 g/mol. The van der Waals surface area contributed by atoms with Crippen LogP contribution in [0.1, 0.15) is 18.1 Å². The van der Waals surface area contributed by atoms with Crippen LogP contribution in [0.2, 0.25) is 0 Å². The van der Waals surface area contributed by atoms with Crippen LogP contribution >= 0.6 is 15.9 Å². The van der Waals surface area contributed by atoms with Gasteiger partial charge in [-0.25, -0.2) is 5.43 Å².